The SMILES string of the molecule is Cc1nc2c(c(N3CCC(NC(=O)C=Cc4ccco4)CC3)n1)CCCC2. The smallest absolute Gasteiger partial charge is 0.244 e. The molecular formula is C21H26N4O2. The lowest BCUT2D eigenvalue weighted by molar-refractivity contribution is -0.117. The number of carbonyl (C=O) groups excluding carboxylic acids is 1. The summed E-state index contributed by atoms with van der Waals surface area (Å²) in [6.45, 7) is 3.81. The number of nitrogens with zero attached hydrogens (tertiary/aromatic N) is 3. The maximum Gasteiger partial charge on any atom is 0.244 e. The van der Waals surface area contributed by atoms with Crippen LogP contribution in [0.25, 0.3) is 6.08 Å². The molecule has 6 nitrogen and oxygen atoms in total. The van der Waals surface area contributed by atoms with Crippen molar-refractivity contribution in [1.29, 1.82) is 0 Å². The summed E-state index contributed by atoms with van der Waals surface area (Å²) in [5, 5.41) is 3.10. The summed E-state index contributed by atoms with van der Waals surface area (Å²) < 4.78 is 5.21. The van der Waals surface area contributed by atoms with Crippen LogP contribution in [0.4, 0.5) is 5.82 Å². The quantitative estimate of drug-likeness (QED) is 0.842. The Balaban J connectivity index is 1.35. The molecule has 2 aromatic rings. The third kappa shape index (κ3) is 4.21. The monoisotopic (exact) mass is 366 g/mol. The van der Waals surface area contributed by atoms with Gasteiger partial charge in [0.2, 0.25) is 5.91 Å². The molecule has 1 N–H and O–H groups in total. The molecule has 3 heterocycles. The number of hydrogen-bond acceptors (Lipinski definition) is 5. The fourth-order valence-corrected chi connectivity index (χ4v) is 3.99. The van der Waals surface area contributed by atoms with Crippen molar-refractivity contribution < 1.29 is 9.21 Å². The molecule has 0 bridgehead atoms. The van der Waals surface area contributed by atoms with Crippen LogP contribution in [-0.4, -0.2) is 35.0 Å². The first-order valence-corrected chi connectivity index (χ1v) is 9.82. The van der Waals surface area contributed by atoms with Crippen molar-refractivity contribution >= 4 is 17.8 Å². The lowest BCUT2D eigenvalue weighted by atomic mass is 9.95. The standard InChI is InChI=1S/C21H26N4O2/c1-15-22-19-7-3-2-6-18(19)21(23-15)25-12-10-16(11-13-25)24-20(26)9-8-17-5-4-14-27-17/h4-5,8-9,14,16H,2-3,6-7,10-13H2,1H3,(H,24,26). The number of aryl methyl sites for hydroxylation is 2. The molecule has 27 heavy (non-hydrogen) atoms. The molecule has 1 saturated heterocycles. The molecule has 0 saturated carbocycles. The Hall–Kier alpha value is -2.63. The summed E-state index contributed by atoms with van der Waals surface area (Å²) in [4.78, 5) is 23.9. The van der Waals surface area contributed by atoms with Crippen LogP contribution in [0.1, 0.15) is 48.5 Å². The van der Waals surface area contributed by atoms with E-state index < -0.39 is 0 Å². The largest absolute Gasteiger partial charge is 0.465 e. The number of rotatable bonds is 4. The van der Waals surface area contributed by atoms with Crippen LogP contribution in [-0.2, 0) is 17.6 Å². The fourth-order valence-electron chi connectivity index (χ4n) is 3.99. The van der Waals surface area contributed by atoms with E-state index in [0.717, 1.165) is 50.4 Å². The van der Waals surface area contributed by atoms with Gasteiger partial charge < -0.3 is 14.6 Å². The van der Waals surface area contributed by atoms with Crippen LogP contribution in [0.15, 0.2) is 28.9 Å². The van der Waals surface area contributed by atoms with Crippen LogP contribution in [0, 0.1) is 6.92 Å². The second-order valence-corrected chi connectivity index (χ2v) is 7.35. The number of carbonyl (C=O) groups is 1. The zero-order valence-electron chi connectivity index (χ0n) is 15.8. The number of hydrogen-bond donors (Lipinski definition) is 1. The predicted molar refractivity (Wildman–Crippen MR) is 105 cm³/mol. The topological polar surface area (TPSA) is 71.3 Å². The van der Waals surface area contributed by atoms with E-state index in [0.29, 0.717) is 5.76 Å². The van der Waals surface area contributed by atoms with Gasteiger partial charge in [0.05, 0.1) is 6.26 Å². The highest BCUT2D eigenvalue weighted by atomic mass is 16.3. The summed E-state index contributed by atoms with van der Waals surface area (Å²) in [6, 6.07) is 3.84. The number of amides is 1. The van der Waals surface area contributed by atoms with E-state index in [4.69, 9.17) is 9.40 Å². The zero-order valence-corrected chi connectivity index (χ0v) is 15.8. The molecular weight excluding hydrogens is 340 g/mol. The fraction of sp³-hybridized carbons (Fsp3) is 0.476. The van der Waals surface area contributed by atoms with Gasteiger partial charge in [-0.25, -0.2) is 9.97 Å². The van der Waals surface area contributed by atoms with E-state index >= 15 is 0 Å². The van der Waals surface area contributed by atoms with Crippen molar-refractivity contribution in [2.75, 3.05) is 18.0 Å². The molecule has 4 rings (SSSR count). The van der Waals surface area contributed by atoms with E-state index in [-0.39, 0.29) is 11.9 Å². The van der Waals surface area contributed by atoms with Gasteiger partial charge in [0.15, 0.2) is 0 Å². The number of nitrogens with one attached hydrogen (secondary N) is 1. The number of fused-ring (bicyclic) bond motifs is 1. The molecule has 0 spiro atoms. The summed E-state index contributed by atoms with van der Waals surface area (Å²) in [5.74, 6) is 2.60. The van der Waals surface area contributed by atoms with Gasteiger partial charge in [-0.1, -0.05) is 0 Å². The molecule has 2 aromatic heterocycles. The first kappa shape index (κ1) is 17.8. The Kier molecular flexibility index (Phi) is 5.23. The Morgan fingerprint density at radius 1 is 1.26 bits per heavy atom. The maximum atomic E-state index is 12.1. The number of furan rings is 1. The number of piperidine rings is 1. The minimum atomic E-state index is -0.0693. The second-order valence-electron chi connectivity index (χ2n) is 7.35. The minimum absolute atomic E-state index is 0.0693. The van der Waals surface area contributed by atoms with E-state index in [9.17, 15) is 4.79 Å². The van der Waals surface area contributed by atoms with Gasteiger partial charge in [0.25, 0.3) is 0 Å². The van der Waals surface area contributed by atoms with E-state index in [1.165, 1.54) is 30.2 Å². The van der Waals surface area contributed by atoms with Gasteiger partial charge in [-0.3, -0.25) is 4.79 Å². The normalized spacial score (nSPS) is 17.9. The number of anilines is 1. The second kappa shape index (κ2) is 7.94. The van der Waals surface area contributed by atoms with Crippen LogP contribution >= 0.6 is 0 Å². The van der Waals surface area contributed by atoms with Gasteiger partial charge in [0.1, 0.15) is 17.4 Å². The first-order chi connectivity index (χ1) is 13.2. The van der Waals surface area contributed by atoms with Crippen LogP contribution in [0.3, 0.4) is 0 Å². The predicted octanol–water partition coefficient (Wildman–Crippen LogP) is 3.06. The van der Waals surface area contributed by atoms with Crippen molar-refractivity contribution in [2.45, 2.75) is 51.5 Å². The average Bonchev–Trinajstić information content (AvgIpc) is 3.20. The molecule has 0 aromatic carbocycles. The summed E-state index contributed by atoms with van der Waals surface area (Å²) in [7, 11) is 0. The van der Waals surface area contributed by atoms with Gasteiger partial charge >= 0.3 is 0 Å². The summed E-state index contributed by atoms with van der Waals surface area (Å²) in [5.41, 5.74) is 2.58. The lowest BCUT2D eigenvalue weighted by Gasteiger charge is -2.35. The molecule has 6 heteroatoms. The van der Waals surface area contributed by atoms with Crippen LogP contribution in [0.2, 0.25) is 0 Å². The van der Waals surface area contributed by atoms with Crippen LogP contribution in [0.5, 0.6) is 0 Å². The minimum Gasteiger partial charge on any atom is -0.465 e. The average molecular weight is 366 g/mol. The zero-order chi connectivity index (χ0) is 18.6. The van der Waals surface area contributed by atoms with Crippen LogP contribution < -0.4 is 10.2 Å². The summed E-state index contributed by atoms with van der Waals surface area (Å²) >= 11 is 0. The Labute approximate surface area is 159 Å². The van der Waals surface area contributed by atoms with E-state index in [2.05, 4.69) is 15.2 Å². The Morgan fingerprint density at radius 2 is 2.07 bits per heavy atom. The molecule has 142 valence electrons. The molecule has 1 fully saturated rings. The molecule has 1 aliphatic carbocycles. The van der Waals surface area contributed by atoms with Crippen molar-refractivity contribution in [1.82, 2.24) is 15.3 Å². The first-order valence-electron chi connectivity index (χ1n) is 9.82. The van der Waals surface area contributed by atoms with Gasteiger partial charge in [-0.2, -0.15) is 0 Å². The van der Waals surface area contributed by atoms with E-state index in [1.54, 1.807) is 18.4 Å². The third-order valence-corrected chi connectivity index (χ3v) is 5.36. The van der Waals surface area contributed by atoms with Gasteiger partial charge in [-0.05, 0) is 63.7 Å². The number of aromatic nitrogens is 2. The molecule has 0 unspecified atom stereocenters. The van der Waals surface area contributed by atoms with Crippen molar-refractivity contribution in [2.24, 2.45) is 0 Å². The Morgan fingerprint density at radius 3 is 2.85 bits per heavy atom. The van der Waals surface area contributed by atoms with Gasteiger partial charge in [-0.15, -0.1) is 0 Å². The maximum absolute atomic E-state index is 12.1. The third-order valence-electron chi connectivity index (χ3n) is 5.36. The van der Waals surface area contributed by atoms with E-state index in [1.807, 2.05) is 13.0 Å². The lowest BCUT2D eigenvalue weighted by Crippen LogP contribution is -2.45. The molecule has 1 amide bonds. The van der Waals surface area contributed by atoms with Crippen molar-refractivity contribution in [3.05, 3.63) is 47.3 Å². The molecule has 1 aliphatic heterocycles. The van der Waals surface area contributed by atoms with Crippen molar-refractivity contribution in [3.8, 4) is 0 Å². The highest BCUT2D eigenvalue weighted by Gasteiger charge is 2.25. The van der Waals surface area contributed by atoms with Gasteiger partial charge in [0, 0.05) is 36.5 Å². The summed E-state index contributed by atoms with van der Waals surface area (Å²) in [6.07, 6.45) is 11.3. The highest BCUT2D eigenvalue weighted by molar-refractivity contribution is 5.91. The molecule has 0 radical (unpaired) electrons. The Bertz CT molecular complexity index is 821. The molecule has 0 atom stereocenters. The highest BCUT2D eigenvalue weighted by Crippen LogP contribution is 2.29. The molecule has 2 aliphatic rings. The van der Waals surface area contributed by atoms with Crippen molar-refractivity contribution in [3.63, 3.8) is 0 Å².